The third-order valence-corrected chi connectivity index (χ3v) is 9.22. The molecule has 10 heteroatoms. The number of carbonyl (C=O) groups excluding carboxylic acids is 1. The van der Waals surface area contributed by atoms with Crippen molar-refractivity contribution in [2.75, 3.05) is 19.8 Å². The summed E-state index contributed by atoms with van der Waals surface area (Å²) in [6.07, 6.45) is 5.84. The highest BCUT2D eigenvalue weighted by molar-refractivity contribution is 5.87. The summed E-state index contributed by atoms with van der Waals surface area (Å²) in [5.74, 6) is 0.256. The molecule has 2 aliphatic heterocycles. The molecule has 50 heavy (non-hydrogen) atoms. The van der Waals surface area contributed by atoms with Crippen LogP contribution in [0.1, 0.15) is 73.0 Å². The van der Waals surface area contributed by atoms with E-state index in [0.717, 1.165) is 58.5 Å². The molecule has 0 saturated heterocycles. The Morgan fingerprint density at radius 2 is 1.84 bits per heavy atom. The first-order chi connectivity index (χ1) is 24.2. The van der Waals surface area contributed by atoms with E-state index in [1.54, 1.807) is 18.2 Å². The van der Waals surface area contributed by atoms with Crippen molar-refractivity contribution >= 4 is 12.0 Å². The van der Waals surface area contributed by atoms with E-state index in [0.29, 0.717) is 31.6 Å². The molecule has 0 amide bonds. The van der Waals surface area contributed by atoms with Gasteiger partial charge in [-0.2, -0.15) is 0 Å². The van der Waals surface area contributed by atoms with Crippen molar-refractivity contribution in [3.8, 4) is 11.5 Å². The summed E-state index contributed by atoms with van der Waals surface area (Å²) in [7, 11) is 0. The smallest absolute Gasteiger partial charge is 0.163 e. The number of allylic oxidation sites excluding steroid dienone is 1. The summed E-state index contributed by atoms with van der Waals surface area (Å²) in [4.78, 5) is 19.1. The molecule has 0 fully saturated rings. The molecule has 0 saturated carbocycles. The van der Waals surface area contributed by atoms with E-state index in [9.17, 15) is 25.2 Å². The minimum atomic E-state index is -0.852. The Bertz CT molecular complexity index is 1690. The summed E-state index contributed by atoms with van der Waals surface area (Å²) < 4.78 is 6.01. The van der Waals surface area contributed by atoms with Gasteiger partial charge in [0.2, 0.25) is 0 Å². The number of nitrogens with one attached hydrogen (secondary N) is 1. The Balaban J connectivity index is 1.14. The number of Topliss-reactive ketones (excluding diaryl/α,β-unsaturated/α-hetero) is 1. The lowest BCUT2D eigenvalue weighted by Crippen LogP contribution is -2.30. The second kappa shape index (κ2) is 18.1. The van der Waals surface area contributed by atoms with Crippen LogP contribution in [0.2, 0.25) is 0 Å². The van der Waals surface area contributed by atoms with Gasteiger partial charge in [-0.15, -0.1) is 0 Å². The van der Waals surface area contributed by atoms with E-state index in [-0.39, 0.29) is 50.3 Å². The monoisotopic (exact) mass is 682 g/mol. The van der Waals surface area contributed by atoms with E-state index in [2.05, 4.69) is 28.5 Å². The number of aliphatic hydroxyl groups is 3. The number of rotatable bonds is 20. The number of aromatic hydroxyl groups is 1. The summed E-state index contributed by atoms with van der Waals surface area (Å²) >= 11 is 0. The summed E-state index contributed by atoms with van der Waals surface area (Å²) in [5.41, 5.74) is 14.4. The topological polar surface area (TPSA) is 161 Å². The SMILES string of the molecule is CCC[C@H](O)C[C@@H](O)CC(=O)CCc1ccc(O)c(OCN2C=C3N=CC(Cc4cc([C@H](N)NCCc5ccccc5)ccc4CO)=C3C2)c1. The number of ketones is 1. The maximum absolute atomic E-state index is 12.4. The van der Waals surface area contributed by atoms with Crippen LogP contribution in [0, 0.1) is 0 Å². The number of phenolic OH excluding ortho intramolecular Hbond substituents is 1. The first kappa shape index (κ1) is 36.9. The van der Waals surface area contributed by atoms with Gasteiger partial charge in [-0.3, -0.25) is 15.1 Å². The fraction of sp³-hybridized carbons (Fsp3) is 0.400. The lowest BCUT2D eigenvalue weighted by Gasteiger charge is -2.19. The Morgan fingerprint density at radius 3 is 2.62 bits per heavy atom. The zero-order valence-corrected chi connectivity index (χ0v) is 28.8. The van der Waals surface area contributed by atoms with Gasteiger partial charge >= 0.3 is 0 Å². The Hall–Kier alpha value is -4.32. The van der Waals surface area contributed by atoms with Crippen molar-refractivity contribution in [3.63, 3.8) is 0 Å². The molecular formula is C40H50N4O6. The number of ether oxygens (including phenoxy) is 1. The van der Waals surface area contributed by atoms with Crippen LogP contribution in [-0.2, 0) is 30.7 Å². The van der Waals surface area contributed by atoms with Gasteiger partial charge in [0.25, 0.3) is 0 Å². The molecule has 5 rings (SSSR count). The fourth-order valence-corrected chi connectivity index (χ4v) is 6.40. The van der Waals surface area contributed by atoms with E-state index in [1.807, 2.05) is 54.6 Å². The lowest BCUT2D eigenvalue weighted by molar-refractivity contribution is -0.121. The van der Waals surface area contributed by atoms with Gasteiger partial charge in [-0.25, -0.2) is 0 Å². The highest BCUT2D eigenvalue weighted by Crippen LogP contribution is 2.33. The summed E-state index contributed by atoms with van der Waals surface area (Å²) in [6, 6.07) is 21.3. The predicted molar refractivity (Wildman–Crippen MR) is 195 cm³/mol. The molecule has 7 N–H and O–H groups in total. The zero-order valence-electron chi connectivity index (χ0n) is 28.8. The molecule has 0 spiro atoms. The van der Waals surface area contributed by atoms with Gasteiger partial charge in [-0.1, -0.05) is 67.9 Å². The second-order valence-electron chi connectivity index (χ2n) is 13.2. The van der Waals surface area contributed by atoms with Crippen molar-refractivity contribution in [1.29, 1.82) is 0 Å². The molecule has 0 bridgehead atoms. The molecule has 266 valence electrons. The van der Waals surface area contributed by atoms with Gasteiger partial charge in [0, 0.05) is 43.9 Å². The van der Waals surface area contributed by atoms with Crippen molar-refractivity contribution in [2.45, 2.75) is 83.3 Å². The molecule has 0 radical (unpaired) electrons. The number of fused-ring (bicyclic) bond motifs is 1. The Kier molecular flexibility index (Phi) is 13.4. The fourth-order valence-electron chi connectivity index (χ4n) is 6.40. The van der Waals surface area contributed by atoms with Crippen molar-refractivity contribution < 1.29 is 30.0 Å². The second-order valence-corrected chi connectivity index (χ2v) is 13.2. The number of benzene rings is 3. The number of aliphatic imine (C=N–C) groups is 1. The highest BCUT2D eigenvalue weighted by Gasteiger charge is 2.26. The van der Waals surface area contributed by atoms with Crippen LogP contribution < -0.4 is 15.8 Å². The molecule has 3 aromatic rings. The molecule has 0 aromatic heterocycles. The van der Waals surface area contributed by atoms with Gasteiger partial charge in [0.05, 0.1) is 30.7 Å². The molecule has 2 heterocycles. The number of aliphatic hydroxyl groups excluding tert-OH is 3. The molecule has 2 aliphatic rings. The number of aryl methyl sites for hydroxylation is 1. The largest absolute Gasteiger partial charge is 0.504 e. The number of nitrogens with two attached hydrogens (primary N) is 1. The van der Waals surface area contributed by atoms with Crippen LogP contribution in [0.3, 0.4) is 0 Å². The van der Waals surface area contributed by atoms with Gasteiger partial charge in [0.15, 0.2) is 18.2 Å². The molecule has 0 aliphatic carbocycles. The number of carbonyl (C=O) groups is 1. The first-order valence-corrected chi connectivity index (χ1v) is 17.5. The van der Waals surface area contributed by atoms with Crippen LogP contribution >= 0.6 is 0 Å². The first-order valence-electron chi connectivity index (χ1n) is 17.5. The van der Waals surface area contributed by atoms with E-state index in [1.165, 1.54) is 5.56 Å². The minimum absolute atomic E-state index is 0.00885. The average Bonchev–Trinajstić information content (AvgIpc) is 3.68. The number of hydrogen-bond donors (Lipinski definition) is 6. The molecule has 10 nitrogen and oxygen atoms in total. The lowest BCUT2D eigenvalue weighted by atomic mass is 9.95. The van der Waals surface area contributed by atoms with E-state index < -0.39 is 12.2 Å². The quantitative estimate of drug-likeness (QED) is 0.0937. The average molecular weight is 683 g/mol. The van der Waals surface area contributed by atoms with Crippen molar-refractivity contribution in [1.82, 2.24) is 10.2 Å². The Labute approximate surface area is 294 Å². The third kappa shape index (κ3) is 10.3. The summed E-state index contributed by atoms with van der Waals surface area (Å²) in [5, 5.41) is 44.0. The zero-order chi connectivity index (χ0) is 35.5. The van der Waals surface area contributed by atoms with Crippen LogP contribution in [0.25, 0.3) is 0 Å². The summed E-state index contributed by atoms with van der Waals surface area (Å²) in [6.45, 7) is 3.42. The number of nitrogens with zero attached hydrogens (tertiary/aromatic N) is 2. The maximum Gasteiger partial charge on any atom is 0.163 e. The highest BCUT2D eigenvalue weighted by atomic mass is 16.5. The van der Waals surface area contributed by atoms with Crippen molar-refractivity contribution in [2.24, 2.45) is 10.7 Å². The number of phenols is 1. The number of hydrogen-bond acceptors (Lipinski definition) is 10. The maximum atomic E-state index is 12.4. The van der Waals surface area contributed by atoms with Crippen LogP contribution in [0.4, 0.5) is 0 Å². The standard InChI is InChI=1S/C40H50N4O6/c1-2-6-33(46)20-35(48)21-34(47)13-9-28-10-14-38(49)39(17-28)50-26-44-23-36-32(22-43-37(36)24-44)19-31-18-29(11-12-30(31)25-45)40(41)42-16-15-27-7-4-3-5-8-27/h3-5,7-8,10-12,14,17-18,22,24,33,35,40,42,45-46,48-49H,2,6,9,13,15-16,19-21,23,25-26,41H2,1H3/t33-,35+,40+/m0/s1. The Morgan fingerprint density at radius 1 is 1.02 bits per heavy atom. The van der Waals surface area contributed by atoms with Crippen LogP contribution in [0.5, 0.6) is 11.5 Å². The molecule has 3 atom stereocenters. The predicted octanol–water partition coefficient (Wildman–Crippen LogP) is 4.59. The van der Waals surface area contributed by atoms with Gasteiger partial charge < -0.3 is 35.8 Å². The van der Waals surface area contributed by atoms with E-state index in [4.69, 9.17) is 10.5 Å². The molecule has 0 unspecified atom stereocenters. The van der Waals surface area contributed by atoms with Crippen LogP contribution in [0.15, 0.2) is 94.8 Å². The van der Waals surface area contributed by atoms with E-state index >= 15 is 0 Å². The minimum Gasteiger partial charge on any atom is -0.504 e. The molecular weight excluding hydrogens is 632 g/mol. The van der Waals surface area contributed by atoms with Gasteiger partial charge in [-0.05, 0) is 77.6 Å². The van der Waals surface area contributed by atoms with Crippen molar-refractivity contribution in [3.05, 3.63) is 118 Å². The third-order valence-electron chi connectivity index (χ3n) is 9.22. The van der Waals surface area contributed by atoms with Gasteiger partial charge in [0.1, 0.15) is 5.78 Å². The normalized spacial score (nSPS) is 15.6. The van der Waals surface area contributed by atoms with Crippen LogP contribution in [-0.4, -0.2) is 69.4 Å². The molecule has 3 aromatic carbocycles.